The highest BCUT2D eigenvalue weighted by atomic mass is 35.5. The van der Waals surface area contributed by atoms with Gasteiger partial charge in [0.25, 0.3) is 0 Å². The summed E-state index contributed by atoms with van der Waals surface area (Å²) in [6, 6.07) is 6.48. The van der Waals surface area contributed by atoms with Crippen LogP contribution < -0.4 is 5.32 Å². The molecule has 2 rings (SSSR count). The van der Waals surface area contributed by atoms with Crippen LogP contribution in [-0.4, -0.2) is 6.04 Å². The van der Waals surface area contributed by atoms with Crippen molar-refractivity contribution in [3.63, 3.8) is 0 Å². The molecule has 2 unspecified atom stereocenters. The van der Waals surface area contributed by atoms with Crippen LogP contribution in [-0.2, 0) is 6.54 Å². The van der Waals surface area contributed by atoms with E-state index >= 15 is 0 Å². The molecule has 0 bridgehead atoms. The first kappa shape index (κ1) is 14.2. The van der Waals surface area contributed by atoms with Crippen LogP contribution in [0.25, 0.3) is 0 Å². The Bertz CT molecular complexity index is 392. The monoisotopic (exact) mass is 285 g/mol. The van der Waals surface area contributed by atoms with Crippen molar-refractivity contribution in [1.29, 1.82) is 0 Å². The molecule has 1 aromatic carbocycles. The Labute approximate surface area is 120 Å². The van der Waals surface area contributed by atoms with Gasteiger partial charge in [-0.05, 0) is 30.4 Å². The van der Waals surface area contributed by atoms with Crippen molar-refractivity contribution < 1.29 is 0 Å². The topological polar surface area (TPSA) is 12.0 Å². The second kappa shape index (κ2) is 6.79. The molecule has 0 aromatic heterocycles. The average Bonchev–Trinajstić information content (AvgIpc) is 2.41. The van der Waals surface area contributed by atoms with E-state index in [2.05, 4.69) is 12.2 Å². The lowest BCUT2D eigenvalue weighted by atomic mass is 9.83. The highest BCUT2D eigenvalue weighted by Gasteiger charge is 2.23. The fourth-order valence-corrected chi connectivity index (χ4v) is 3.28. The maximum absolute atomic E-state index is 6.21. The zero-order valence-electron chi connectivity index (χ0n) is 10.9. The van der Waals surface area contributed by atoms with Crippen molar-refractivity contribution in [2.24, 2.45) is 5.92 Å². The minimum Gasteiger partial charge on any atom is -0.310 e. The van der Waals surface area contributed by atoms with Crippen LogP contribution in [0.5, 0.6) is 0 Å². The van der Waals surface area contributed by atoms with Gasteiger partial charge in [-0.15, -0.1) is 0 Å². The number of nitrogens with one attached hydrogen (secondary N) is 1. The molecule has 0 radical (unpaired) electrons. The third kappa shape index (κ3) is 3.40. The lowest BCUT2D eigenvalue weighted by Gasteiger charge is -2.31. The lowest BCUT2D eigenvalue weighted by Crippen LogP contribution is -2.37. The molecular weight excluding hydrogens is 265 g/mol. The molecule has 0 heterocycles. The standard InChI is InChI=1S/C15H21Cl2N/c1-2-11-6-3-4-9-14(11)18-10-12-7-5-8-13(16)15(12)17/h5,7-8,11,14,18H,2-4,6,9-10H2,1H3. The lowest BCUT2D eigenvalue weighted by molar-refractivity contribution is 0.254. The van der Waals surface area contributed by atoms with Crippen LogP contribution in [0.4, 0.5) is 0 Å². The molecule has 1 fully saturated rings. The first-order chi connectivity index (χ1) is 8.72. The van der Waals surface area contributed by atoms with Gasteiger partial charge in [-0.2, -0.15) is 0 Å². The fraction of sp³-hybridized carbons (Fsp3) is 0.600. The molecule has 1 aliphatic rings. The van der Waals surface area contributed by atoms with E-state index in [0.717, 1.165) is 18.0 Å². The van der Waals surface area contributed by atoms with Crippen LogP contribution in [0.3, 0.4) is 0 Å². The molecule has 0 spiro atoms. The summed E-state index contributed by atoms with van der Waals surface area (Å²) in [5.41, 5.74) is 1.10. The second-order valence-corrected chi connectivity index (χ2v) is 5.94. The van der Waals surface area contributed by atoms with E-state index in [9.17, 15) is 0 Å². The number of halogens is 2. The number of benzene rings is 1. The number of hydrogen-bond acceptors (Lipinski definition) is 1. The van der Waals surface area contributed by atoms with Crippen LogP contribution in [0, 0.1) is 5.92 Å². The Morgan fingerprint density at radius 2 is 2.00 bits per heavy atom. The van der Waals surface area contributed by atoms with Crippen molar-refractivity contribution in [1.82, 2.24) is 5.32 Å². The largest absolute Gasteiger partial charge is 0.310 e. The molecular formula is C15H21Cl2N. The first-order valence-electron chi connectivity index (χ1n) is 6.88. The fourth-order valence-electron chi connectivity index (χ4n) is 2.89. The van der Waals surface area contributed by atoms with Crippen molar-refractivity contribution in [2.75, 3.05) is 0 Å². The molecule has 1 aromatic rings. The minimum atomic E-state index is 0.638. The van der Waals surface area contributed by atoms with Crippen molar-refractivity contribution in [2.45, 2.75) is 51.6 Å². The molecule has 0 saturated heterocycles. The van der Waals surface area contributed by atoms with Crippen LogP contribution in [0.1, 0.15) is 44.6 Å². The van der Waals surface area contributed by atoms with Gasteiger partial charge < -0.3 is 5.32 Å². The highest BCUT2D eigenvalue weighted by molar-refractivity contribution is 6.42. The third-order valence-electron chi connectivity index (χ3n) is 4.02. The number of hydrogen-bond donors (Lipinski definition) is 1. The summed E-state index contributed by atoms with van der Waals surface area (Å²) >= 11 is 12.2. The van der Waals surface area contributed by atoms with Gasteiger partial charge in [-0.3, -0.25) is 0 Å². The Kier molecular flexibility index (Phi) is 5.35. The molecule has 1 N–H and O–H groups in total. The minimum absolute atomic E-state index is 0.638. The number of rotatable bonds is 4. The average molecular weight is 286 g/mol. The molecule has 2 atom stereocenters. The smallest absolute Gasteiger partial charge is 0.0637 e. The Balaban J connectivity index is 1.96. The van der Waals surface area contributed by atoms with E-state index in [1.54, 1.807) is 0 Å². The maximum Gasteiger partial charge on any atom is 0.0637 e. The molecule has 1 nitrogen and oxygen atoms in total. The third-order valence-corrected chi connectivity index (χ3v) is 4.88. The van der Waals surface area contributed by atoms with Crippen LogP contribution in [0.2, 0.25) is 10.0 Å². The van der Waals surface area contributed by atoms with Gasteiger partial charge in [-0.1, -0.05) is 61.5 Å². The molecule has 18 heavy (non-hydrogen) atoms. The Morgan fingerprint density at radius 3 is 2.78 bits per heavy atom. The van der Waals surface area contributed by atoms with Gasteiger partial charge in [0.05, 0.1) is 10.0 Å². The van der Waals surface area contributed by atoms with Crippen molar-refractivity contribution in [3.05, 3.63) is 33.8 Å². The van der Waals surface area contributed by atoms with Gasteiger partial charge >= 0.3 is 0 Å². The summed E-state index contributed by atoms with van der Waals surface area (Å²) in [7, 11) is 0. The van der Waals surface area contributed by atoms with E-state index in [1.807, 2.05) is 18.2 Å². The summed E-state index contributed by atoms with van der Waals surface area (Å²) in [6.07, 6.45) is 6.64. The van der Waals surface area contributed by atoms with Gasteiger partial charge in [0.1, 0.15) is 0 Å². The van der Waals surface area contributed by atoms with E-state index in [4.69, 9.17) is 23.2 Å². The maximum atomic E-state index is 6.21. The van der Waals surface area contributed by atoms with E-state index < -0.39 is 0 Å². The predicted molar refractivity (Wildman–Crippen MR) is 79.3 cm³/mol. The van der Waals surface area contributed by atoms with Gasteiger partial charge in [0.15, 0.2) is 0 Å². The Morgan fingerprint density at radius 1 is 1.22 bits per heavy atom. The quantitative estimate of drug-likeness (QED) is 0.816. The summed E-state index contributed by atoms with van der Waals surface area (Å²) in [4.78, 5) is 0. The predicted octanol–water partition coefficient (Wildman–Crippen LogP) is 5.05. The van der Waals surface area contributed by atoms with Gasteiger partial charge in [-0.25, -0.2) is 0 Å². The normalized spacial score (nSPS) is 24.2. The molecule has 1 aliphatic carbocycles. The summed E-state index contributed by atoms with van der Waals surface area (Å²) in [6.45, 7) is 3.11. The summed E-state index contributed by atoms with van der Waals surface area (Å²) in [5, 5.41) is 5.00. The second-order valence-electron chi connectivity index (χ2n) is 5.15. The van der Waals surface area contributed by atoms with E-state index in [-0.39, 0.29) is 0 Å². The van der Waals surface area contributed by atoms with Crippen LogP contribution in [0.15, 0.2) is 18.2 Å². The van der Waals surface area contributed by atoms with Gasteiger partial charge in [0.2, 0.25) is 0 Å². The molecule has 100 valence electrons. The Hall–Kier alpha value is -0.240. The molecule has 1 saturated carbocycles. The highest BCUT2D eigenvalue weighted by Crippen LogP contribution is 2.29. The van der Waals surface area contributed by atoms with E-state index in [1.165, 1.54) is 32.1 Å². The van der Waals surface area contributed by atoms with Gasteiger partial charge in [0, 0.05) is 12.6 Å². The molecule has 0 aliphatic heterocycles. The van der Waals surface area contributed by atoms with E-state index in [0.29, 0.717) is 16.1 Å². The summed E-state index contributed by atoms with van der Waals surface area (Å²) in [5.74, 6) is 0.816. The van der Waals surface area contributed by atoms with Crippen molar-refractivity contribution >= 4 is 23.2 Å². The zero-order valence-corrected chi connectivity index (χ0v) is 12.4. The molecule has 3 heteroatoms. The zero-order chi connectivity index (χ0) is 13.0. The first-order valence-corrected chi connectivity index (χ1v) is 7.64. The van der Waals surface area contributed by atoms with Crippen LogP contribution >= 0.6 is 23.2 Å². The molecule has 0 amide bonds. The van der Waals surface area contributed by atoms with Crippen molar-refractivity contribution in [3.8, 4) is 0 Å². The SMILES string of the molecule is CCC1CCCCC1NCc1cccc(Cl)c1Cl. The summed E-state index contributed by atoms with van der Waals surface area (Å²) < 4.78 is 0.